The Morgan fingerprint density at radius 1 is 1.53 bits per heavy atom. The molecule has 1 unspecified atom stereocenters. The average Bonchev–Trinajstić information content (AvgIpc) is 2.39. The molecular weight excluding hydrogens is 304 g/mol. The Kier molecular flexibility index (Phi) is 4.63. The third kappa shape index (κ3) is 3.57. The summed E-state index contributed by atoms with van der Waals surface area (Å²) in [6.07, 6.45) is 2.02. The molecule has 2 atom stereocenters. The molecule has 1 fully saturated rings. The summed E-state index contributed by atoms with van der Waals surface area (Å²) in [6.45, 7) is 5.86. The Morgan fingerprint density at radius 2 is 2.32 bits per heavy atom. The summed E-state index contributed by atoms with van der Waals surface area (Å²) in [5.74, 6) is 0.146. The van der Waals surface area contributed by atoms with Gasteiger partial charge in [-0.25, -0.2) is 0 Å². The predicted octanol–water partition coefficient (Wildman–Crippen LogP) is 3.02. The van der Waals surface area contributed by atoms with Crippen molar-refractivity contribution < 1.29 is 4.79 Å². The summed E-state index contributed by atoms with van der Waals surface area (Å²) in [5.41, 5.74) is 0.841. The standard InChI is InChI=1S/C15H21BrN2O/c1-11(12-5-3-6-13(16)9-12)18-14(19)15(2)7-4-8-17-10-15/h3,5-6,9,11,17H,4,7-8,10H2,1-2H3,(H,18,19)/t11-,15?/m0/s1. The molecule has 3 nitrogen and oxygen atoms in total. The molecule has 1 aromatic carbocycles. The monoisotopic (exact) mass is 324 g/mol. The van der Waals surface area contributed by atoms with Crippen LogP contribution in [0.1, 0.15) is 38.3 Å². The van der Waals surface area contributed by atoms with E-state index in [1.165, 1.54) is 0 Å². The van der Waals surface area contributed by atoms with Gasteiger partial charge in [0.25, 0.3) is 0 Å². The van der Waals surface area contributed by atoms with Crippen LogP contribution in [0, 0.1) is 5.41 Å². The van der Waals surface area contributed by atoms with Crippen molar-refractivity contribution in [1.82, 2.24) is 10.6 Å². The molecule has 0 aromatic heterocycles. The first-order chi connectivity index (χ1) is 9.01. The molecule has 1 amide bonds. The first-order valence-corrected chi connectivity index (χ1v) is 7.58. The van der Waals surface area contributed by atoms with Crippen molar-refractivity contribution in [3.8, 4) is 0 Å². The first kappa shape index (κ1) is 14.5. The van der Waals surface area contributed by atoms with Crippen molar-refractivity contribution in [1.29, 1.82) is 0 Å². The number of nitrogens with one attached hydrogen (secondary N) is 2. The summed E-state index contributed by atoms with van der Waals surface area (Å²) in [4.78, 5) is 12.4. The van der Waals surface area contributed by atoms with Crippen molar-refractivity contribution in [2.45, 2.75) is 32.7 Å². The lowest BCUT2D eigenvalue weighted by Crippen LogP contribution is -2.49. The summed E-state index contributed by atoms with van der Waals surface area (Å²) in [7, 11) is 0. The minimum Gasteiger partial charge on any atom is -0.349 e. The van der Waals surface area contributed by atoms with Gasteiger partial charge in [-0.2, -0.15) is 0 Å². The highest BCUT2D eigenvalue weighted by Crippen LogP contribution is 2.27. The number of piperidine rings is 1. The molecule has 0 bridgehead atoms. The van der Waals surface area contributed by atoms with Crippen LogP contribution >= 0.6 is 15.9 Å². The van der Waals surface area contributed by atoms with Crippen LogP contribution < -0.4 is 10.6 Å². The van der Waals surface area contributed by atoms with E-state index in [9.17, 15) is 4.79 Å². The highest BCUT2D eigenvalue weighted by atomic mass is 79.9. The molecule has 0 spiro atoms. The van der Waals surface area contributed by atoms with E-state index in [0.717, 1.165) is 36.0 Å². The number of halogens is 1. The molecule has 0 saturated carbocycles. The summed E-state index contributed by atoms with van der Waals surface area (Å²) >= 11 is 3.46. The van der Waals surface area contributed by atoms with Crippen LogP contribution in [-0.4, -0.2) is 19.0 Å². The fourth-order valence-electron chi connectivity index (χ4n) is 2.48. The van der Waals surface area contributed by atoms with E-state index in [4.69, 9.17) is 0 Å². The van der Waals surface area contributed by atoms with Gasteiger partial charge in [-0.3, -0.25) is 4.79 Å². The topological polar surface area (TPSA) is 41.1 Å². The van der Waals surface area contributed by atoms with Crippen molar-refractivity contribution >= 4 is 21.8 Å². The van der Waals surface area contributed by atoms with E-state index in [-0.39, 0.29) is 17.4 Å². The molecule has 0 radical (unpaired) electrons. The molecule has 1 saturated heterocycles. The number of carbonyl (C=O) groups is 1. The lowest BCUT2D eigenvalue weighted by Gasteiger charge is -2.33. The van der Waals surface area contributed by atoms with Crippen LogP contribution in [0.4, 0.5) is 0 Å². The van der Waals surface area contributed by atoms with Crippen LogP contribution in [0.25, 0.3) is 0 Å². The minimum atomic E-state index is -0.279. The average molecular weight is 325 g/mol. The smallest absolute Gasteiger partial charge is 0.227 e. The first-order valence-electron chi connectivity index (χ1n) is 6.78. The zero-order valence-electron chi connectivity index (χ0n) is 11.5. The fourth-order valence-corrected chi connectivity index (χ4v) is 2.90. The van der Waals surface area contributed by atoms with Crippen LogP contribution in [-0.2, 0) is 4.79 Å². The Hall–Kier alpha value is -0.870. The maximum atomic E-state index is 12.4. The number of rotatable bonds is 3. The third-order valence-corrected chi connectivity index (χ3v) is 4.33. The quantitative estimate of drug-likeness (QED) is 0.897. The third-order valence-electron chi connectivity index (χ3n) is 3.84. The van der Waals surface area contributed by atoms with Crippen LogP contribution in [0.5, 0.6) is 0 Å². The van der Waals surface area contributed by atoms with Crippen molar-refractivity contribution in [3.05, 3.63) is 34.3 Å². The van der Waals surface area contributed by atoms with Gasteiger partial charge in [-0.05, 0) is 50.9 Å². The second-order valence-corrected chi connectivity index (χ2v) is 6.51. The van der Waals surface area contributed by atoms with Gasteiger partial charge in [0.2, 0.25) is 5.91 Å². The Morgan fingerprint density at radius 3 is 2.95 bits per heavy atom. The number of benzene rings is 1. The lowest BCUT2D eigenvalue weighted by atomic mass is 9.81. The van der Waals surface area contributed by atoms with Gasteiger partial charge in [0, 0.05) is 11.0 Å². The normalized spacial score (nSPS) is 24.8. The number of hydrogen-bond acceptors (Lipinski definition) is 2. The van der Waals surface area contributed by atoms with Gasteiger partial charge in [0.15, 0.2) is 0 Å². The van der Waals surface area contributed by atoms with Crippen molar-refractivity contribution in [2.24, 2.45) is 5.41 Å². The van der Waals surface area contributed by atoms with Gasteiger partial charge in [0.05, 0.1) is 11.5 Å². The van der Waals surface area contributed by atoms with Crippen LogP contribution in [0.2, 0.25) is 0 Å². The van der Waals surface area contributed by atoms with E-state index in [2.05, 4.69) is 26.6 Å². The SMILES string of the molecule is C[C@H](NC(=O)C1(C)CCCNC1)c1cccc(Br)c1. The van der Waals surface area contributed by atoms with E-state index in [0.29, 0.717) is 0 Å². The molecule has 19 heavy (non-hydrogen) atoms. The summed E-state index contributed by atoms with van der Waals surface area (Å²) in [6, 6.07) is 8.10. The summed E-state index contributed by atoms with van der Waals surface area (Å²) in [5, 5.41) is 6.44. The minimum absolute atomic E-state index is 0.0313. The zero-order valence-corrected chi connectivity index (χ0v) is 13.1. The second kappa shape index (κ2) is 6.06. The number of amides is 1. The molecule has 1 heterocycles. The predicted molar refractivity (Wildman–Crippen MR) is 80.9 cm³/mol. The Bertz CT molecular complexity index is 455. The Balaban J connectivity index is 2.02. The molecule has 1 aromatic rings. The number of hydrogen-bond donors (Lipinski definition) is 2. The maximum absolute atomic E-state index is 12.4. The van der Waals surface area contributed by atoms with E-state index < -0.39 is 0 Å². The molecule has 104 valence electrons. The lowest BCUT2D eigenvalue weighted by molar-refractivity contribution is -0.131. The van der Waals surface area contributed by atoms with Gasteiger partial charge >= 0.3 is 0 Å². The van der Waals surface area contributed by atoms with Gasteiger partial charge < -0.3 is 10.6 Å². The largest absolute Gasteiger partial charge is 0.349 e. The molecule has 1 aliphatic heterocycles. The highest BCUT2D eigenvalue weighted by Gasteiger charge is 2.35. The molecule has 0 aliphatic carbocycles. The molecule has 1 aliphatic rings. The van der Waals surface area contributed by atoms with Crippen LogP contribution in [0.15, 0.2) is 28.7 Å². The van der Waals surface area contributed by atoms with Gasteiger partial charge in [-0.1, -0.05) is 28.1 Å². The van der Waals surface area contributed by atoms with Gasteiger partial charge in [0.1, 0.15) is 0 Å². The highest BCUT2D eigenvalue weighted by molar-refractivity contribution is 9.10. The second-order valence-electron chi connectivity index (χ2n) is 5.59. The van der Waals surface area contributed by atoms with E-state index in [1.807, 2.05) is 38.1 Å². The molecule has 2 N–H and O–H groups in total. The Labute approximate surface area is 123 Å². The molecule has 2 rings (SSSR count). The van der Waals surface area contributed by atoms with Crippen molar-refractivity contribution in [3.63, 3.8) is 0 Å². The van der Waals surface area contributed by atoms with E-state index >= 15 is 0 Å². The van der Waals surface area contributed by atoms with Crippen LogP contribution in [0.3, 0.4) is 0 Å². The number of carbonyl (C=O) groups excluding carboxylic acids is 1. The molecular formula is C15H21BrN2O. The zero-order chi connectivity index (χ0) is 13.9. The maximum Gasteiger partial charge on any atom is 0.227 e. The molecule has 4 heteroatoms. The summed E-state index contributed by atoms with van der Waals surface area (Å²) < 4.78 is 1.04. The van der Waals surface area contributed by atoms with Crippen molar-refractivity contribution in [2.75, 3.05) is 13.1 Å². The fraction of sp³-hybridized carbons (Fsp3) is 0.533. The van der Waals surface area contributed by atoms with E-state index in [1.54, 1.807) is 0 Å². The van der Waals surface area contributed by atoms with Gasteiger partial charge in [-0.15, -0.1) is 0 Å².